The van der Waals surface area contributed by atoms with Crippen molar-refractivity contribution >= 4 is 29.3 Å². The Hall–Kier alpha value is -0.820. The van der Waals surface area contributed by atoms with Crippen LogP contribution in [0.4, 0.5) is 0 Å². The molecule has 0 N–H and O–H groups in total. The van der Waals surface area contributed by atoms with Gasteiger partial charge in [-0.3, -0.25) is 0 Å². The van der Waals surface area contributed by atoms with Gasteiger partial charge in [0.25, 0.3) is 0 Å². The minimum atomic E-state index is -0.436. The van der Waals surface area contributed by atoms with Gasteiger partial charge < -0.3 is 0 Å². The van der Waals surface area contributed by atoms with Crippen LogP contribution in [0.3, 0.4) is 0 Å². The topological polar surface area (TPSA) is 29.4 Å². The van der Waals surface area contributed by atoms with Crippen LogP contribution in [0.1, 0.15) is 37.7 Å². The molecule has 0 atom stereocenters. The van der Waals surface area contributed by atoms with Gasteiger partial charge in [0.15, 0.2) is 0 Å². The molecule has 1 aliphatic carbocycles. The zero-order valence-corrected chi connectivity index (χ0v) is 10.9. The number of hydrogen-bond donors (Lipinski definition) is 0. The van der Waals surface area contributed by atoms with Gasteiger partial charge in [-0.05, 0) is 30.5 Å². The summed E-state index contributed by atoms with van der Waals surface area (Å²) >= 11 is 11.9. The Bertz CT molecular complexity index is 460. The molecule has 0 aliphatic heterocycles. The number of halogens is 2. The van der Waals surface area contributed by atoms with Crippen LogP contribution >= 0.6 is 23.2 Å². The zero-order chi connectivity index (χ0) is 12.3. The minimum absolute atomic E-state index is 0.436. The number of benzene rings is 1. The molecule has 4 heteroatoms. The summed E-state index contributed by atoms with van der Waals surface area (Å²) in [6, 6.07) is 5.48. The Morgan fingerprint density at radius 3 is 2.41 bits per heavy atom. The smallest absolute Gasteiger partial charge is 0.211 e. The van der Waals surface area contributed by atoms with Crippen molar-refractivity contribution in [3.05, 3.63) is 33.8 Å². The van der Waals surface area contributed by atoms with Gasteiger partial charge in [-0.25, -0.2) is 4.79 Å². The van der Waals surface area contributed by atoms with Crippen molar-refractivity contribution in [1.82, 2.24) is 0 Å². The van der Waals surface area contributed by atoms with Crippen LogP contribution in [0.2, 0.25) is 10.0 Å². The highest BCUT2D eigenvalue weighted by molar-refractivity contribution is 6.42. The average molecular weight is 270 g/mol. The van der Waals surface area contributed by atoms with Crippen LogP contribution in [-0.4, -0.2) is 6.08 Å². The largest absolute Gasteiger partial charge is 0.235 e. The molecule has 0 heterocycles. The van der Waals surface area contributed by atoms with Crippen molar-refractivity contribution in [2.75, 3.05) is 0 Å². The molecule has 0 unspecified atom stereocenters. The van der Waals surface area contributed by atoms with Crippen molar-refractivity contribution in [3.8, 4) is 0 Å². The highest BCUT2D eigenvalue weighted by Crippen LogP contribution is 2.41. The molecule has 0 saturated heterocycles. The van der Waals surface area contributed by atoms with E-state index in [-0.39, 0.29) is 0 Å². The summed E-state index contributed by atoms with van der Waals surface area (Å²) in [6.45, 7) is 0. The zero-order valence-electron chi connectivity index (χ0n) is 9.38. The predicted molar refractivity (Wildman–Crippen MR) is 69.3 cm³/mol. The maximum atomic E-state index is 10.7. The lowest BCUT2D eigenvalue weighted by Crippen LogP contribution is -2.26. The quantitative estimate of drug-likeness (QED) is 0.575. The van der Waals surface area contributed by atoms with E-state index in [4.69, 9.17) is 23.2 Å². The van der Waals surface area contributed by atoms with Crippen LogP contribution in [0.15, 0.2) is 23.2 Å². The Balaban J connectivity index is 2.44. The van der Waals surface area contributed by atoms with Crippen LogP contribution in [0.5, 0.6) is 0 Å². The first kappa shape index (κ1) is 12.6. The summed E-state index contributed by atoms with van der Waals surface area (Å²) in [6.07, 6.45) is 6.80. The summed E-state index contributed by atoms with van der Waals surface area (Å²) < 4.78 is 0. The molecule has 90 valence electrons. The Morgan fingerprint density at radius 2 is 1.82 bits per heavy atom. The third kappa shape index (κ3) is 2.55. The van der Waals surface area contributed by atoms with Crippen LogP contribution in [0.25, 0.3) is 0 Å². The number of carbonyl (C=O) groups excluding carboxylic acids is 1. The van der Waals surface area contributed by atoms with E-state index < -0.39 is 5.54 Å². The van der Waals surface area contributed by atoms with Crippen molar-refractivity contribution in [2.45, 2.75) is 37.6 Å². The molecule has 1 aliphatic rings. The first-order valence-electron chi connectivity index (χ1n) is 5.72. The molecular weight excluding hydrogens is 257 g/mol. The van der Waals surface area contributed by atoms with Crippen LogP contribution < -0.4 is 0 Å². The summed E-state index contributed by atoms with van der Waals surface area (Å²) in [7, 11) is 0. The van der Waals surface area contributed by atoms with Gasteiger partial charge in [0.2, 0.25) is 6.08 Å². The van der Waals surface area contributed by atoms with Gasteiger partial charge in [-0.15, -0.1) is 0 Å². The van der Waals surface area contributed by atoms with Gasteiger partial charge >= 0.3 is 0 Å². The summed E-state index contributed by atoms with van der Waals surface area (Å²) in [5.74, 6) is 0. The fraction of sp³-hybridized carbons (Fsp3) is 0.462. The molecule has 0 spiro atoms. The fourth-order valence-corrected chi connectivity index (χ4v) is 2.77. The van der Waals surface area contributed by atoms with E-state index in [1.165, 1.54) is 6.42 Å². The Labute approximate surface area is 111 Å². The normalized spacial score (nSPS) is 18.5. The maximum Gasteiger partial charge on any atom is 0.235 e. The van der Waals surface area contributed by atoms with E-state index in [1.807, 2.05) is 12.1 Å². The minimum Gasteiger partial charge on any atom is -0.211 e. The second-order valence-electron chi connectivity index (χ2n) is 4.42. The van der Waals surface area contributed by atoms with Gasteiger partial charge in [-0.2, -0.15) is 4.99 Å². The third-order valence-electron chi connectivity index (χ3n) is 3.40. The molecule has 0 amide bonds. The second kappa shape index (κ2) is 5.22. The van der Waals surface area contributed by atoms with Gasteiger partial charge in [0, 0.05) is 0 Å². The number of hydrogen-bond acceptors (Lipinski definition) is 2. The molecule has 1 fully saturated rings. The second-order valence-corrected chi connectivity index (χ2v) is 5.24. The average Bonchev–Trinajstić information content (AvgIpc) is 2.34. The first-order valence-corrected chi connectivity index (χ1v) is 6.48. The van der Waals surface area contributed by atoms with Gasteiger partial charge in [-0.1, -0.05) is 48.5 Å². The third-order valence-corrected chi connectivity index (χ3v) is 4.14. The van der Waals surface area contributed by atoms with Gasteiger partial charge in [0.1, 0.15) is 0 Å². The molecule has 0 aromatic heterocycles. The van der Waals surface area contributed by atoms with E-state index >= 15 is 0 Å². The van der Waals surface area contributed by atoms with Gasteiger partial charge in [0.05, 0.1) is 15.6 Å². The molecule has 1 saturated carbocycles. The Morgan fingerprint density at radius 1 is 1.12 bits per heavy atom. The number of aliphatic imine (C=N–C) groups is 1. The molecule has 17 heavy (non-hydrogen) atoms. The molecular formula is C13H13Cl2NO. The van der Waals surface area contributed by atoms with Crippen LogP contribution in [-0.2, 0) is 10.3 Å². The molecule has 0 bridgehead atoms. The van der Waals surface area contributed by atoms with Crippen molar-refractivity contribution in [1.29, 1.82) is 0 Å². The molecule has 1 aromatic carbocycles. The molecule has 1 aromatic rings. The maximum absolute atomic E-state index is 10.7. The number of nitrogens with zero attached hydrogens (tertiary/aromatic N) is 1. The van der Waals surface area contributed by atoms with E-state index in [0.29, 0.717) is 10.0 Å². The fourth-order valence-electron chi connectivity index (χ4n) is 2.47. The van der Waals surface area contributed by atoms with Crippen molar-refractivity contribution in [3.63, 3.8) is 0 Å². The predicted octanol–water partition coefficient (Wildman–Crippen LogP) is 4.49. The van der Waals surface area contributed by atoms with E-state index in [2.05, 4.69) is 4.99 Å². The lowest BCUT2D eigenvalue weighted by atomic mass is 9.77. The summed E-state index contributed by atoms with van der Waals surface area (Å²) in [5.41, 5.74) is 0.531. The first-order chi connectivity index (χ1) is 8.18. The van der Waals surface area contributed by atoms with Crippen molar-refractivity contribution < 1.29 is 4.79 Å². The highest BCUT2D eigenvalue weighted by Gasteiger charge is 2.34. The molecule has 0 radical (unpaired) electrons. The van der Waals surface area contributed by atoms with E-state index in [0.717, 1.165) is 31.2 Å². The highest BCUT2D eigenvalue weighted by atomic mass is 35.5. The van der Waals surface area contributed by atoms with Crippen molar-refractivity contribution in [2.24, 2.45) is 4.99 Å². The molecule has 2 nitrogen and oxygen atoms in total. The summed E-state index contributed by atoms with van der Waals surface area (Å²) in [5, 5.41) is 1.03. The SMILES string of the molecule is O=C=NC1(c2ccc(Cl)c(Cl)c2)CCCCC1. The monoisotopic (exact) mass is 269 g/mol. The van der Waals surface area contributed by atoms with E-state index in [9.17, 15) is 4.79 Å². The lowest BCUT2D eigenvalue weighted by Gasteiger charge is -2.32. The van der Waals surface area contributed by atoms with E-state index in [1.54, 1.807) is 12.1 Å². The molecule has 2 rings (SSSR count). The number of isocyanates is 1. The Kier molecular flexibility index (Phi) is 3.88. The summed E-state index contributed by atoms with van der Waals surface area (Å²) in [4.78, 5) is 14.7. The number of rotatable bonds is 2. The standard InChI is InChI=1S/C13H13Cl2NO/c14-11-5-4-10(8-12(11)15)13(16-9-17)6-2-1-3-7-13/h4-5,8H,1-3,6-7H2. The lowest BCUT2D eigenvalue weighted by molar-refractivity contribution is 0.304. The van der Waals surface area contributed by atoms with Crippen LogP contribution in [0, 0.1) is 0 Å².